The van der Waals surface area contributed by atoms with E-state index in [1.807, 2.05) is 20.8 Å². The first-order valence-corrected chi connectivity index (χ1v) is 7.56. The van der Waals surface area contributed by atoms with Crippen LogP contribution in [0.4, 0.5) is 0 Å². The maximum atomic E-state index is 5.84. The van der Waals surface area contributed by atoms with E-state index in [1.165, 1.54) is 11.1 Å². The number of nitrogens with one attached hydrogen (secondary N) is 1. The quantitative estimate of drug-likeness (QED) is 0.796. The van der Waals surface area contributed by atoms with Gasteiger partial charge in [-0.1, -0.05) is 36.0 Å². The van der Waals surface area contributed by atoms with Crippen LogP contribution in [-0.4, -0.2) is 12.6 Å². The van der Waals surface area contributed by atoms with Crippen LogP contribution in [0.2, 0.25) is 0 Å². The molecule has 0 spiro atoms. The Balaban J connectivity index is 2.02. The molecule has 1 N–H and O–H groups in total. The molecule has 1 aliphatic rings. The number of hydrogen-bond acceptors (Lipinski definition) is 2. The van der Waals surface area contributed by atoms with Crippen LogP contribution >= 0.6 is 0 Å². The van der Waals surface area contributed by atoms with Crippen molar-refractivity contribution in [1.29, 1.82) is 0 Å². The molecule has 0 saturated heterocycles. The van der Waals surface area contributed by atoms with Gasteiger partial charge in [0.1, 0.15) is 5.75 Å². The lowest BCUT2D eigenvalue weighted by Crippen LogP contribution is -2.16. The second kappa shape index (κ2) is 7.28. The van der Waals surface area contributed by atoms with E-state index in [4.69, 9.17) is 4.74 Å². The molecule has 0 aromatic heterocycles. The number of hydrogen-bond donors (Lipinski definition) is 1. The predicted molar refractivity (Wildman–Crippen MR) is 90.5 cm³/mol. The fourth-order valence-corrected chi connectivity index (χ4v) is 2.34. The second-order valence-electron chi connectivity index (χ2n) is 5.87. The number of rotatable bonds is 7. The van der Waals surface area contributed by atoms with Gasteiger partial charge in [-0.15, -0.1) is 0 Å². The van der Waals surface area contributed by atoms with Crippen molar-refractivity contribution >= 4 is 5.57 Å². The lowest BCUT2D eigenvalue weighted by atomic mass is 10.0. The minimum Gasteiger partial charge on any atom is -0.491 e. The first kappa shape index (κ1) is 15.6. The zero-order chi connectivity index (χ0) is 15.2. The molecule has 0 atom stereocenters. The van der Waals surface area contributed by atoms with E-state index in [-0.39, 0.29) is 6.10 Å². The van der Waals surface area contributed by atoms with Crippen LogP contribution in [0.15, 0.2) is 48.6 Å². The largest absolute Gasteiger partial charge is 0.491 e. The number of benzene rings is 1. The van der Waals surface area contributed by atoms with Gasteiger partial charge in [0.05, 0.1) is 6.10 Å². The van der Waals surface area contributed by atoms with Crippen LogP contribution in [0.25, 0.3) is 5.57 Å². The minimum atomic E-state index is 0.181. The molecule has 112 valence electrons. The highest BCUT2D eigenvalue weighted by molar-refractivity contribution is 5.63. The molecule has 0 amide bonds. The maximum absolute atomic E-state index is 5.84. The molecular formula is C19H25NO. The highest BCUT2D eigenvalue weighted by Gasteiger charge is 2.05. The summed E-state index contributed by atoms with van der Waals surface area (Å²) in [6.07, 6.45) is 7.74. The average molecular weight is 283 g/mol. The Bertz CT molecular complexity index is 567. The fraction of sp³-hybridized carbons (Fsp3) is 0.368. The molecule has 21 heavy (non-hydrogen) atoms. The molecule has 1 aromatic carbocycles. The van der Waals surface area contributed by atoms with Crippen molar-refractivity contribution in [3.8, 4) is 5.75 Å². The van der Waals surface area contributed by atoms with Gasteiger partial charge in [-0.2, -0.15) is 0 Å². The summed E-state index contributed by atoms with van der Waals surface area (Å²) in [6, 6.07) is 6.36. The summed E-state index contributed by atoms with van der Waals surface area (Å²) < 4.78 is 5.84. The normalized spacial score (nSPS) is 13.6. The standard InChI is InChI=1S/C19H25NO/c1-14(2)18-9-17(10-19(11-18)21-15(3)4)13-20-12-16-7-5-6-8-16/h5-7,9-11,15,20H,1,8,12-13H2,2-4H3. The zero-order valence-corrected chi connectivity index (χ0v) is 13.3. The van der Waals surface area contributed by atoms with Crippen molar-refractivity contribution < 1.29 is 4.74 Å². The van der Waals surface area contributed by atoms with Crippen molar-refractivity contribution in [2.45, 2.75) is 39.8 Å². The van der Waals surface area contributed by atoms with Crippen molar-refractivity contribution in [3.63, 3.8) is 0 Å². The van der Waals surface area contributed by atoms with Gasteiger partial charge in [0.25, 0.3) is 0 Å². The SMILES string of the molecule is C=C(C)c1cc(CNCC2=CC=CC2)cc(OC(C)C)c1. The molecule has 0 heterocycles. The van der Waals surface area contributed by atoms with Crippen LogP contribution in [0.1, 0.15) is 38.3 Å². The Morgan fingerprint density at radius 2 is 2.10 bits per heavy atom. The van der Waals surface area contributed by atoms with Crippen LogP contribution in [-0.2, 0) is 6.54 Å². The van der Waals surface area contributed by atoms with Crippen LogP contribution < -0.4 is 10.1 Å². The lowest BCUT2D eigenvalue weighted by molar-refractivity contribution is 0.242. The molecule has 0 saturated carbocycles. The van der Waals surface area contributed by atoms with Gasteiger partial charge in [-0.3, -0.25) is 0 Å². The Morgan fingerprint density at radius 1 is 1.29 bits per heavy atom. The van der Waals surface area contributed by atoms with Crippen LogP contribution in [0, 0.1) is 0 Å². The highest BCUT2D eigenvalue weighted by atomic mass is 16.5. The Kier molecular flexibility index (Phi) is 5.40. The Hall–Kier alpha value is -1.80. The maximum Gasteiger partial charge on any atom is 0.120 e. The molecule has 2 rings (SSSR count). The van der Waals surface area contributed by atoms with Gasteiger partial charge in [-0.25, -0.2) is 0 Å². The summed E-state index contributed by atoms with van der Waals surface area (Å²) in [4.78, 5) is 0. The van der Waals surface area contributed by atoms with Gasteiger partial charge in [0.2, 0.25) is 0 Å². The Labute approximate surface area is 128 Å². The number of ether oxygens (including phenoxy) is 1. The van der Waals surface area contributed by atoms with Gasteiger partial charge in [0.15, 0.2) is 0 Å². The average Bonchev–Trinajstić information content (AvgIpc) is 2.90. The third kappa shape index (κ3) is 4.91. The predicted octanol–water partition coefficient (Wildman–Crippen LogP) is 4.48. The van der Waals surface area contributed by atoms with Gasteiger partial charge >= 0.3 is 0 Å². The van der Waals surface area contributed by atoms with Crippen LogP contribution in [0.3, 0.4) is 0 Å². The summed E-state index contributed by atoms with van der Waals surface area (Å²) in [5.74, 6) is 0.920. The smallest absolute Gasteiger partial charge is 0.120 e. The molecule has 2 nitrogen and oxygen atoms in total. The molecular weight excluding hydrogens is 258 g/mol. The topological polar surface area (TPSA) is 21.3 Å². The van der Waals surface area contributed by atoms with E-state index in [2.05, 4.69) is 48.3 Å². The summed E-state index contributed by atoms with van der Waals surface area (Å²) in [5.41, 5.74) is 4.88. The molecule has 1 aromatic rings. The van der Waals surface area contributed by atoms with Gasteiger partial charge in [0, 0.05) is 13.1 Å². The minimum absolute atomic E-state index is 0.181. The van der Waals surface area contributed by atoms with E-state index in [0.717, 1.165) is 36.4 Å². The molecule has 0 bridgehead atoms. The summed E-state index contributed by atoms with van der Waals surface area (Å²) in [6.45, 7) is 11.9. The number of allylic oxidation sites excluding steroid dienone is 4. The first-order chi connectivity index (χ1) is 10.0. The van der Waals surface area contributed by atoms with Crippen molar-refractivity contribution in [2.24, 2.45) is 0 Å². The highest BCUT2D eigenvalue weighted by Crippen LogP contribution is 2.23. The first-order valence-electron chi connectivity index (χ1n) is 7.56. The molecule has 0 fully saturated rings. The molecule has 2 heteroatoms. The molecule has 1 aliphatic carbocycles. The molecule has 0 radical (unpaired) electrons. The van der Waals surface area contributed by atoms with Crippen LogP contribution in [0.5, 0.6) is 5.75 Å². The summed E-state index contributed by atoms with van der Waals surface area (Å²) >= 11 is 0. The van der Waals surface area contributed by atoms with Crippen molar-refractivity contribution in [3.05, 3.63) is 59.7 Å². The Morgan fingerprint density at radius 3 is 2.71 bits per heavy atom. The summed E-state index contributed by atoms with van der Waals surface area (Å²) in [5, 5.41) is 3.50. The van der Waals surface area contributed by atoms with Gasteiger partial charge < -0.3 is 10.1 Å². The van der Waals surface area contributed by atoms with E-state index >= 15 is 0 Å². The third-order valence-electron chi connectivity index (χ3n) is 3.36. The van der Waals surface area contributed by atoms with Crippen molar-refractivity contribution in [1.82, 2.24) is 5.32 Å². The van der Waals surface area contributed by atoms with E-state index in [1.54, 1.807) is 0 Å². The summed E-state index contributed by atoms with van der Waals surface area (Å²) in [7, 11) is 0. The molecule has 0 aliphatic heterocycles. The monoisotopic (exact) mass is 283 g/mol. The molecule has 0 unspecified atom stereocenters. The lowest BCUT2D eigenvalue weighted by Gasteiger charge is -2.14. The second-order valence-corrected chi connectivity index (χ2v) is 5.87. The van der Waals surface area contributed by atoms with E-state index < -0.39 is 0 Å². The zero-order valence-electron chi connectivity index (χ0n) is 13.3. The van der Waals surface area contributed by atoms with Gasteiger partial charge in [-0.05, 0) is 56.5 Å². The van der Waals surface area contributed by atoms with E-state index in [0.29, 0.717) is 0 Å². The van der Waals surface area contributed by atoms with E-state index in [9.17, 15) is 0 Å². The third-order valence-corrected chi connectivity index (χ3v) is 3.36. The fourth-order valence-electron chi connectivity index (χ4n) is 2.34. The van der Waals surface area contributed by atoms with Crippen molar-refractivity contribution in [2.75, 3.05) is 6.54 Å².